The van der Waals surface area contributed by atoms with Gasteiger partial charge in [0.15, 0.2) is 0 Å². The molecule has 1 aromatic carbocycles. The van der Waals surface area contributed by atoms with Crippen molar-refractivity contribution >= 4 is 16.8 Å². The van der Waals surface area contributed by atoms with E-state index in [1.807, 2.05) is 25.3 Å². The van der Waals surface area contributed by atoms with Crippen molar-refractivity contribution < 1.29 is 14.3 Å². The van der Waals surface area contributed by atoms with Crippen molar-refractivity contribution in [2.24, 2.45) is 0 Å². The highest BCUT2D eigenvalue weighted by Crippen LogP contribution is 2.20. The van der Waals surface area contributed by atoms with Crippen molar-refractivity contribution in [2.45, 2.75) is 19.4 Å². The molecule has 0 aliphatic rings. The molecule has 5 heteroatoms. The second kappa shape index (κ2) is 6.07. The SMILES string of the molecule is Cc1ccc2c(CC(=O)NC(CO)c3ccco3)c[nH]c2c1. The van der Waals surface area contributed by atoms with Crippen LogP contribution < -0.4 is 5.32 Å². The Bertz CT molecular complexity index is 774. The summed E-state index contributed by atoms with van der Waals surface area (Å²) in [4.78, 5) is 15.4. The van der Waals surface area contributed by atoms with Crippen LogP contribution in [0.4, 0.5) is 0 Å². The average Bonchev–Trinajstić information content (AvgIpc) is 3.15. The molecule has 1 atom stereocenters. The van der Waals surface area contributed by atoms with Gasteiger partial charge in [0, 0.05) is 17.1 Å². The van der Waals surface area contributed by atoms with Gasteiger partial charge in [-0.25, -0.2) is 0 Å². The van der Waals surface area contributed by atoms with E-state index in [0.717, 1.165) is 16.5 Å². The van der Waals surface area contributed by atoms with Crippen molar-refractivity contribution in [1.29, 1.82) is 0 Å². The van der Waals surface area contributed by atoms with Crippen LogP contribution in [0.15, 0.2) is 47.2 Å². The molecule has 2 heterocycles. The van der Waals surface area contributed by atoms with Gasteiger partial charge in [-0.2, -0.15) is 0 Å². The molecule has 0 saturated heterocycles. The number of aryl methyl sites for hydroxylation is 1. The summed E-state index contributed by atoms with van der Waals surface area (Å²) in [5, 5.41) is 13.2. The van der Waals surface area contributed by atoms with Gasteiger partial charge in [-0.15, -0.1) is 0 Å². The second-order valence-electron chi connectivity index (χ2n) is 5.36. The number of aliphatic hydroxyl groups is 1. The summed E-state index contributed by atoms with van der Waals surface area (Å²) in [7, 11) is 0. The second-order valence-corrected chi connectivity index (χ2v) is 5.36. The average molecular weight is 298 g/mol. The van der Waals surface area contributed by atoms with Gasteiger partial charge < -0.3 is 19.8 Å². The van der Waals surface area contributed by atoms with Crippen molar-refractivity contribution in [3.05, 3.63) is 59.7 Å². The van der Waals surface area contributed by atoms with E-state index in [9.17, 15) is 9.90 Å². The Balaban J connectivity index is 1.73. The molecule has 114 valence electrons. The number of benzene rings is 1. The minimum absolute atomic E-state index is 0.156. The number of amides is 1. The highest BCUT2D eigenvalue weighted by Gasteiger charge is 2.17. The zero-order chi connectivity index (χ0) is 15.5. The third-order valence-electron chi connectivity index (χ3n) is 3.68. The summed E-state index contributed by atoms with van der Waals surface area (Å²) >= 11 is 0. The summed E-state index contributed by atoms with van der Waals surface area (Å²) < 4.78 is 5.23. The smallest absolute Gasteiger partial charge is 0.225 e. The molecule has 1 amide bonds. The fourth-order valence-corrected chi connectivity index (χ4v) is 2.56. The lowest BCUT2D eigenvalue weighted by Crippen LogP contribution is -2.31. The van der Waals surface area contributed by atoms with Gasteiger partial charge in [0.1, 0.15) is 11.8 Å². The van der Waals surface area contributed by atoms with Gasteiger partial charge in [0.25, 0.3) is 0 Å². The number of aromatic amines is 1. The number of carbonyl (C=O) groups excluding carboxylic acids is 1. The van der Waals surface area contributed by atoms with Crippen LogP contribution in [0, 0.1) is 6.92 Å². The van der Waals surface area contributed by atoms with Crippen LogP contribution in [0.3, 0.4) is 0 Å². The fourth-order valence-electron chi connectivity index (χ4n) is 2.56. The standard InChI is InChI=1S/C17H18N2O3/c1-11-4-5-13-12(9-18-14(13)7-11)8-17(21)19-15(10-20)16-3-2-6-22-16/h2-7,9,15,18,20H,8,10H2,1H3,(H,19,21). The minimum atomic E-state index is -0.519. The van der Waals surface area contributed by atoms with E-state index in [4.69, 9.17) is 4.42 Å². The first-order chi connectivity index (χ1) is 10.7. The van der Waals surface area contributed by atoms with Crippen LogP contribution >= 0.6 is 0 Å². The molecule has 0 spiro atoms. The monoisotopic (exact) mass is 298 g/mol. The molecule has 0 radical (unpaired) electrons. The largest absolute Gasteiger partial charge is 0.467 e. The van der Waals surface area contributed by atoms with E-state index in [1.165, 1.54) is 11.8 Å². The van der Waals surface area contributed by atoms with E-state index >= 15 is 0 Å². The van der Waals surface area contributed by atoms with Gasteiger partial charge in [-0.05, 0) is 36.2 Å². The number of fused-ring (bicyclic) bond motifs is 1. The molecule has 3 N–H and O–H groups in total. The van der Waals surface area contributed by atoms with Gasteiger partial charge in [-0.1, -0.05) is 12.1 Å². The normalized spacial score (nSPS) is 12.5. The quantitative estimate of drug-likeness (QED) is 0.677. The Morgan fingerprint density at radius 3 is 3.00 bits per heavy atom. The van der Waals surface area contributed by atoms with Crippen LogP contribution in [0.2, 0.25) is 0 Å². The maximum Gasteiger partial charge on any atom is 0.225 e. The molecule has 3 aromatic rings. The lowest BCUT2D eigenvalue weighted by Gasteiger charge is -2.13. The highest BCUT2D eigenvalue weighted by molar-refractivity contribution is 5.89. The van der Waals surface area contributed by atoms with E-state index in [-0.39, 0.29) is 18.9 Å². The molecule has 0 aliphatic heterocycles. The van der Waals surface area contributed by atoms with E-state index in [1.54, 1.807) is 12.1 Å². The summed E-state index contributed by atoms with van der Waals surface area (Å²) in [5.41, 5.74) is 3.12. The molecule has 5 nitrogen and oxygen atoms in total. The van der Waals surface area contributed by atoms with Crippen molar-refractivity contribution in [3.8, 4) is 0 Å². The van der Waals surface area contributed by atoms with Gasteiger partial charge in [-0.3, -0.25) is 4.79 Å². The third kappa shape index (κ3) is 2.89. The maximum absolute atomic E-state index is 12.2. The summed E-state index contributed by atoms with van der Waals surface area (Å²) in [5.74, 6) is 0.391. The molecule has 3 rings (SSSR count). The molecular weight excluding hydrogens is 280 g/mol. The number of hydrogen-bond donors (Lipinski definition) is 3. The topological polar surface area (TPSA) is 78.3 Å². The van der Waals surface area contributed by atoms with Crippen LogP contribution in [0.1, 0.15) is 22.9 Å². The van der Waals surface area contributed by atoms with Crippen LogP contribution in [-0.2, 0) is 11.2 Å². The number of furan rings is 1. The Kier molecular flexibility index (Phi) is 3.98. The highest BCUT2D eigenvalue weighted by atomic mass is 16.3. The number of aliphatic hydroxyl groups excluding tert-OH is 1. The van der Waals surface area contributed by atoms with Gasteiger partial charge in [0.2, 0.25) is 5.91 Å². The van der Waals surface area contributed by atoms with Crippen molar-refractivity contribution in [3.63, 3.8) is 0 Å². The predicted molar refractivity (Wildman–Crippen MR) is 83.4 cm³/mol. The summed E-state index contributed by atoms with van der Waals surface area (Å²) in [6, 6.07) is 9.03. The number of nitrogens with one attached hydrogen (secondary N) is 2. The first-order valence-electron chi connectivity index (χ1n) is 7.17. The number of carbonyl (C=O) groups is 1. The Morgan fingerprint density at radius 1 is 1.41 bits per heavy atom. The van der Waals surface area contributed by atoms with Crippen LogP contribution in [-0.4, -0.2) is 22.6 Å². The van der Waals surface area contributed by atoms with Crippen molar-refractivity contribution in [1.82, 2.24) is 10.3 Å². The first kappa shape index (κ1) is 14.4. The molecule has 22 heavy (non-hydrogen) atoms. The number of aromatic nitrogens is 1. The fraction of sp³-hybridized carbons (Fsp3) is 0.235. The van der Waals surface area contributed by atoms with E-state index < -0.39 is 6.04 Å². The van der Waals surface area contributed by atoms with E-state index in [2.05, 4.69) is 16.4 Å². The Labute approximate surface area is 128 Å². The number of hydrogen-bond acceptors (Lipinski definition) is 3. The molecule has 1 unspecified atom stereocenters. The first-order valence-corrected chi connectivity index (χ1v) is 7.17. The number of rotatable bonds is 5. The summed E-state index contributed by atoms with van der Waals surface area (Å²) in [6.45, 7) is 1.83. The van der Waals surface area contributed by atoms with Crippen LogP contribution in [0.25, 0.3) is 10.9 Å². The lowest BCUT2D eigenvalue weighted by molar-refractivity contribution is -0.121. The molecular formula is C17H18N2O3. The Hall–Kier alpha value is -2.53. The lowest BCUT2D eigenvalue weighted by atomic mass is 10.1. The predicted octanol–water partition coefficient (Wildman–Crippen LogP) is 2.46. The van der Waals surface area contributed by atoms with E-state index in [0.29, 0.717) is 5.76 Å². The minimum Gasteiger partial charge on any atom is -0.467 e. The number of H-pyrrole nitrogens is 1. The van der Waals surface area contributed by atoms with Gasteiger partial charge in [0.05, 0.1) is 19.3 Å². The van der Waals surface area contributed by atoms with Crippen LogP contribution in [0.5, 0.6) is 0 Å². The summed E-state index contributed by atoms with van der Waals surface area (Å²) in [6.07, 6.45) is 3.62. The molecule has 0 aliphatic carbocycles. The molecule has 0 bridgehead atoms. The molecule has 0 saturated carbocycles. The van der Waals surface area contributed by atoms with Gasteiger partial charge >= 0.3 is 0 Å². The maximum atomic E-state index is 12.2. The third-order valence-corrected chi connectivity index (χ3v) is 3.68. The van der Waals surface area contributed by atoms with Crippen molar-refractivity contribution in [2.75, 3.05) is 6.61 Å². The zero-order valence-electron chi connectivity index (χ0n) is 12.3. The Morgan fingerprint density at radius 2 is 2.27 bits per heavy atom. The molecule has 2 aromatic heterocycles. The molecule has 0 fully saturated rings. The zero-order valence-corrected chi connectivity index (χ0v) is 12.3.